The van der Waals surface area contributed by atoms with Crippen molar-refractivity contribution < 1.29 is 14.4 Å². The number of benzene rings is 2. The van der Waals surface area contributed by atoms with Gasteiger partial charge in [-0.15, -0.1) is 0 Å². The Labute approximate surface area is 200 Å². The lowest BCUT2D eigenvalue weighted by atomic mass is 9.96. The number of anilines is 1. The van der Waals surface area contributed by atoms with Crippen LogP contribution in [0.25, 0.3) is 0 Å². The molecule has 0 aliphatic carbocycles. The summed E-state index contributed by atoms with van der Waals surface area (Å²) in [5, 5.41) is 3.30. The Bertz CT molecular complexity index is 1100. The molecule has 5 rings (SSSR count). The second-order valence-electron chi connectivity index (χ2n) is 9.21. The van der Waals surface area contributed by atoms with Gasteiger partial charge in [0, 0.05) is 36.8 Å². The van der Waals surface area contributed by atoms with Crippen molar-refractivity contribution in [2.75, 3.05) is 37.6 Å². The van der Waals surface area contributed by atoms with Gasteiger partial charge in [-0.05, 0) is 55.3 Å². The number of para-hydroxylation sites is 1. The quantitative estimate of drug-likeness (QED) is 0.715. The van der Waals surface area contributed by atoms with E-state index in [9.17, 15) is 14.4 Å². The molecule has 3 aliphatic heterocycles. The molecule has 0 bridgehead atoms. The van der Waals surface area contributed by atoms with Crippen LogP contribution >= 0.6 is 0 Å². The van der Waals surface area contributed by atoms with E-state index in [0.29, 0.717) is 31.7 Å². The third kappa shape index (κ3) is 4.61. The van der Waals surface area contributed by atoms with Gasteiger partial charge in [0.2, 0.25) is 11.8 Å². The average Bonchev–Trinajstić information content (AvgIpc) is 3.38. The molecular weight excluding hydrogens is 428 g/mol. The highest BCUT2D eigenvalue weighted by atomic mass is 16.2. The molecule has 34 heavy (non-hydrogen) atoms. The summed E-state index contributed by atoms with van der Waals surface area (Å²) in [6, 6.07) is 15.3. The number of hydrogen-bond acceptors (Lipinski definition) is 4. The van der Waals surface area contributed by atoms with Crippen molar-refractivity contribution in [2.45, 2.75) is 25.9 Å². The number of carbonyl (C=O) groups is 3. The van der Waals surface area contributed by atoms with E-state index in [-0.39, 0.29) is 30.2 Å². The second kappa shape index (κ2) is 9.81. The van der Waals surface area contributed by atoms with Gasteiger partial charge in [-0.2, -0.15) is 0 Å². The van der Waals surface area contributed by atoms with E-state index in [1.165, 1.54) is 0 Å². The zero-order valence-electron chi connectivity index (χ0n) is 19.3. The minimum absolute atomic E-state index is 0.0137. The first-order valence-electron chi connectivity index (χ1n) is 12.0. The topological polar surface area (TPSA) is 73.0 Å². The van der Waals surface area contributed by atoms with E-state index in [2.05, 4.69) is 5.32 Å². The molecule has 0 unspecified atom stereocenters. The molecule has 176 valence electrons. The molecule has 0 aromatic heterocycles. The van der Waals surface area contributed by atoms with Gasteiger partial charge < -0.3 is 20.0 Å². The van der Waals surface area contributed by atoms with Crippen LogP contribution in [0.1, 0.15) is 34.3 Å². The van der Waals surface area contributed by atoms with Crippen molar-refractivity contribution in [2.24, 2.45) is 5.92 Å². The fraction of sp³-hybridized carbons (Fsp3) is 0.370. The van der Waals surface area contributed by atoms with Gasteiger partial charge in [0.15, 0.2) is 0 Å². The Morgan fingerprint density at radius 1 is 0.882 bits per heavy atom. The van der Waals surface area contributed by atoms with Crippen LogP contribution in [0.4, 0.5) is 5.69 Å². The van der Waals surface area contributed by atoms with Gasteiger partial charge in [-0.3, -0.25) is 14.4 Å². The molecular formula is C27H30N4O3. The van der Waals surface area contributed by atoms with E-state index in [1.54, 1.807) is 14.7 Å². The molecule has 0 radical (unpaired) electrons. The number of piperidine rings is 1. The van der Waals surface area contributed by atoms with E-state index in [4.69, 9.17) is 0 Å². The zero-order chi connectivity index (χ0) is 23.5. The maximum atomic E-state index is 13.4. The molecule has 2 aromatic carbocycles. The molecule has 7 heteroatoms. The second-order valence-corrected chi connectivity index (χ2v) is 9.21. The third-order valence-electron chi connectivity index (χ3n) is 6.92. The van der Waals surface area contributed by atoms with Crippen molar-refractivity contribution in [1.29, 1.82) is 0 Å². The fourth-order valence-corrected chi connectivity index (χ4v) is 4.97. The van der Waals surface area contributed by atoms with E-state index >= 15 is 0 Å². The van der Waals surface area contributed by atoms with Crippen LogP contribution in [0.2, 0.25) is 0 Å². The monoisotopic (exact) mass is 458 g/mol. The first-order chi connectivity index (χ1) is 16.6. The normalized spacial score (nSPS) is 18.7. The van der Waals surface area contributed by atoms with E-state index in [0.717, 1.165) is 42.7 Å². The number of rotatable bonds is 4. The van der Waals surface area contributed by atoms with E-state index in [1.807, 2.05) is 60.7 Å². The van der Waals surface area contributed by atoms with Gasteiger partial charge in [0.05, 0.1) is 6.54 Å². The van der Waals surface area contributed by atoms with Gasteiger partial charge in [0.25, 0.3) is 5.91 Å². The first kappa shape index (κ1) is 22.3. The standard InChI is InChI=1S/C27H30N4O3/c32-25-19-30(27(34)22-11-13-28-14-12-22)18-23-5-1-2-6-24(23)31(25)17-20-7-9-21(10-8-20)26(33)29-15-3-4-16-29/h1-10,22,28H,11-19H2. The lowest BCUT2D eigenvalue weighted by Gasteiger charge is -2.28. The number of amides is 3. The zero-order valence-corrected chi connectivity index (χ0v) is 19.3. The molecule has 2 aromatic rings. The lowest BCUT2D eigenvalue weighted by Crippen LogP contribution is -2.44. The molecule has 3 heterocycles. The van der Waals surface area contributed by atoms with Crippen LogP contribution in [0.3, 0.4) is 0 Å². The Morgan fingerprint density at radius 3 is 2.32 bits per heavy atom. The number of nitrogens with one attached hydrogen (secondary N) is 1. The predicted molar refractivity (Wildman–Crippen MR) is 130 cm³/mol. The highest BCUT2D eigenvalue weighted by Crippen LogP contribution is 2.29. The molecule has 1 saturated heterocycles. The van der Waals surface area contributed by atoms with Crippen LogP contribution in [0.5, 0.6) is 0 Å². The summed E-state index contributed by atoms with van der Waals surface area (Å²) in [6.07, 6.45) is 5.61. The molecule has 0 spiro atoms. The molecule has 7 nitrogen and oxygen atoms in total. The Kier molecular flexibility index (Phi) is 6.45. The van der Waals surface area contributed by atoms with E-state index < -0.39 is 0 Å². The highest BCUT2D eigenvalue weighted by Gasteiger charge is 2.32. The maximum absolute atomic E-state index is 13.4. The fourth-order valence-electron chi connectivity index (χ4n) is 4.97. The number of nitrogens with zero attached hydrogens (tertiary/aromatic N) is 3. The van der Waals surface area contributed by atoms with Crippen LogP contribution in [0.15, 0.2) is 60.7 Å². The maximum Gasteiger partial charge on any atom is 0.254 e. The molecule has 0 atom stereocenters. The largest absolute Gasteiger partial charge is 0.331 e. The molecule has 3 aliphatic rings. The third-order valence-corrected chi connectivity index (χ3v) is 6.92. The smallest absolute Gasteiger partial charge is 0.254 e. The van der Waals surface area contributed by atoms with Crippen LogP contribution in [-0.4, -0.2) is 60.2 Å². The molecule has 3 amide bonds. The molecule has 1 fully saturated rings. The summed E-state index contributed by atoms with van der Waals surface area (Å²) in [6.45, 7) is 3.89. The summed E-state index contributed by atoms with van der Waals surface area (Å²) >= 11 is 0. The van der Waals surface area contributed by atoms with Crippen LogP contribution in [-0.2, 0) is 22.7 Å². The SMILES string of the molecule is O=C(c1ccc(CN2C(=O)CN(C(=O)C3CCNCC3)Cc3ccccc32)cc1)N1CC=CC1. The Hall–Kier alpha value is -3.45. The van der Waals surface area contributed by atoms with Gasteiger partial charge in [-0.25, -0.2) is 0 Å². The van der Waals surface area contributed by atoms with Gasteiger partial charge in [0.1, 0.15) is 6.54 Å². The number of hydrogen-bond donors (Lipinski definition) is 1. The summed E-state index contributed by atoms with van der Waals surface area (Å²) < 4.78 is 0. The summed E-state index contributed by atoms with van der Waals surface area (Å²) in [5.41, 5.74) is 3.41. The average molecular weight is 459 g/mol. The Morgan fingerprint density at radius 2 is 1.59 bits per heavy atom. The highest BCUT2D eigenvalue weighted by molar-refractivity contribution is 5.99. The number of fused-ring (bicyclic) bond motifs is 1. The summed E-state index contributed by atoms with van der Waals surface area (Å²) in [5.74, 6) is -0.0234. The Balaban J connectivity index is 1.34. The van der Waals surface area contributed by atoms with Crippen LogP contribution < -0.4 is 10.2 Å². The van der Waals surface area contributed by atoms with Gasteiger partial charge >= 0.3 is 0 Å². The van der Waals surface area contributed by atoms with Crippen molar-refractivity contribution in [3.8, 4) is 0 Å². The molecule has 0 saturated carbocycles. The van der Waals surface area contributed by atoms with Crippen molar-refractivity contribution in [3.05, 3.63) is 77.4 Å². The van der Waals surface area contributed by atoms with Crippen molar-refractivity contribution in [3.63, 3.8) is 0 Å². The predicted octanol–water partition coefficient (Wildman–Crippen LogP) is 2.57. The first-order valence-corrected chi connectivity index (χ1v) is 12.0. The van der Waals surface area contributed by atoms with Crippen molar-refractivity contribution in [1.82, 2.24) is 15.1 Å². The van der Waals surface area contributed by atoms with Gasteiger partial charge in [-0.1, -0.05) is 42.5 Å². The molecule has 1 N–H and O–H groups in total. The minimum atomic E-state index is -0.0875. The summed E-state index contributed by atoms with van der Waals surface area (Å²) in [7, 11) is 0. The van der Waals surface area contributed by atoms with Crippen molar-refractivity contribution >= 4 is 23.4 Å². The van der Waals surface area contributed by atoms with Crippen LogP contribution in [0, 0.1) is 5.92 Å². The number of carbonyl (C=O) groups excluding carboxylic acids is 3. The minimum Gasteiger partial charge on any atom is -0.331 e. The summed E-state index contributed by atoms with van der Waals surface area (Å²) in [4.78, 5) is 44.5. The lowest BCUT2D eigenvalue weighted by molar-refractivity contribution is -0.140.